The quantitative estimate of drug-likeness (QED) is 0.843. The second-order valence-corrected chi connectivity index (χ2v) is 4.06. The van der Waals surface area contributed by atoms with Gasteiger partial charge in [-0.2, -0.15) is 0 Å². The van der Waals surface area contributed by atoms with Crippen LogP contribution < -0.4 is 5.32 Å². The van der Waals surface area contributed by atoms with Crippen LogP contribution in [-0.4, -0.2) is 30.9 Å². The van der Waals surface area contributed by atoms with Crippen molar-refractivity contribution in [1.82, 2.24) is 4.90 Å². The maximum absolute atomic E-state index is 11.6. The third kappa shape index (κ3) is 3.26. The van der Waals surface area contributed by atoms with E-state index < -0.39 is 0 Å². The molecule has 0 saturated carbocycles. The van der Waals surface area contributed by atoms with Crippen molar-refractivity contribution in [1.29, 1.82) is 0 Å². The van der Waals surface area contributed by atoms with Gasteiger partial charge in [0.25, 0.3) is 0 Å². The van der Waals surface area contributed by atoms with Crippen molar-refractivity contribution in [2.75, 3.05) is 25.5 Å². The summed E-state index contributed by atoms with van der Waals surface area (Å²) >= 11 is 0. The average Bonchev–Trinajstić information content (AvgIpc) is 2.29. The van der Waals surface area contributed by atoms with Crippen molar-refractivity contribution >= 4 is 11.6 Å². The highest BCUT2D eigenvalue weighted by atomic mass is 16.2. The molecule has 0 aliphatic carbocycles. The maximum atomic E-state index is 11.6. The van der Waals surface area contributed by atoms with Gasteiger partial charge in [-0.1, -0.05) is 6.07 Å². The van der Waals surface area contributed by atoms with Gasteiger partial charge in [0.05, 0.1) is 6.54 Å². The summed E-state index contributed by atoms with van der Waals surface area (Å²) in [6.45, 7) is 7.21. The average molecular weight is 220 g/mol. The Labute approximate surface area is 97.5 Å². The van der Waals surface area contributed by atoms with Gasteiger partial charge in [-0.15, -0.1) is 0 Å². The molecule has 0 bridgehead atoms. The predicted molar refractivity (Wildman–Crippen MR) is 67.7 cm³/mol. The van der Waals surface area contributed by atoms with Crippen LogP contribution in [0.2, 0.25) is 0 Å². The molecule has 3 nitrogen and oxygen atoms in total. The minimum atomic E-state index is 0.112. The highest BCUT2D eigenvalue weighted by molar-refractivity contribution is 5.80. The van der Waals surface area contributed by atoms with Crippen LogP contribution in [0.25, 0.3) is 0 Å². The van der Waals surface area contributed by atoms with E-state index in [0.717, 1.165) is 12.2 Å². The SMILES string of the molecule is CCN(C)C(=O)CNc1ccc(C)c(C)c1. The molecule has 0 saturated heterocycles. The van der Waals surface area contributed by atoms with Crippen molar-refractivity contribution < 1.29 is 4.79 Å². The van der Waals surface area contributed by atoms with Crippen molar-refractivity contribution in [2.45, 2.75) is 20.8 Å². The second-order valence-electron chi connectivity index (χ2n) is 4.06. The number of aryl methyl sites for hydroxylation is 2. The van der Waals surface area contributed by atoms with Gasteiger partial charge < -0.3 is 10.2 Å². The summed E-state index contributed by atoms with van der Waals surface area (Å²) in [4.78, 5) is 13.3. The Balaban J connectivity index is 2.55. The van der Waals surface area contributed by atoms with Gasteiger partial charge >= 0.3 is 0 Å². The van der Waals surface area contributed by atoms with Gasteiger partial charge in [0.2, 0.25) is 5.91 Å². The number of carbonyl (C=O) groups is 1. The van der Waals surface area contributed by atoms with E-state index in [0.29, 0.717) is 6.54 Å². The Morgan fingerprint density at radius 2 is 2.00 bits per heavy atom. The summed E-state index contributed by atoms with van der Waals surface area (Å²) < 4.78 is 0. The largest absolute Gasteiger partial charge is 0.376 e. The van der Waals surface area contributed by atoms with Gasteiger partial charge in [0, 0.05) is 19.3 Å². The molecule has 0 radical (unpaired) electrons. The van der Waals surface area contributed by atoms with E-state index >= 15 is 0 Å². The third-order valence-corrected chi connectivity index (χ3v) is 2.85. The number of anilines is 1. The normalized spacial score (nSPS) is 10.0. The first-order chi connectivity index (χ1) is 7.54. The van der Waals surface area contributed by atoms with Crippen LogP contribution in [0.15, 0.2) is 18.2 Å². The monoisotopic (exact) mass is 220 g/mol. The molecule has 1 aromatic rings. The smallest absolute Gasteiger partial charge is 0.241 e. The minimum Gasteiger partial charge on any atom is -0.376 e. The van der Waals surface area contributed by atoms with Crippen molar-refractivity contribution in [3.8, 4) is 0 Å². The predicted octanol–water partition coefficient (Wildman–Crippen LogP) is 2.19. The zero-order valence-electron chi connectivity index (χ0n) is 10.5. The molecular weight excluding hydrogens is 200 g/mol. The van der Waals surface area contributed by atoms with Gasteiger partial charge in [0.1, 0.15) is 0 Å². The molecule has 0 atom stereocenters. The highest BCUT2D eigenvalue weighted by Gasteiger charge is 2.05. The van der Waals surface area contributed by atoms with E-state index in [9.17, 15) is 4.79 Å². The molecule has 0 aromatic heterocycles. The fraction of sp³-hybridized carbons (Fsp3) is 0.462. The van der Waals surface area contributed by atoms with Crippen LogP contribution in [0.1, 0.15) is 18.1 Å². The van der Waals surface area contributed by atoms with E-state index in [1.807, 2.05) is 20.0 Å². The molecule has 88 valence electrons. The first-order valence-electron chi connectivity index (χ1n) is 5.59. The summed E-state index contributed by atoms with van der Waals surface area (Å²) in [6, 6.07) is 6.13. The van der Waals surface area contributed by atoms with Gasteiger partial charge in [-0.25, -0.2) is 0 Å². The Morgan fingerprint density at radius 3 is 2.56 bits per heavy atom. The maximum Gasteiger partial charge on any atom is 0.241 e. The number of hydrogen-bond donors (Lipinski definition) is 1. The topological polar surface area (TPSA) is 32.3 Å². The summed E-state index contributed by atoms with van der Waals surface area (Å²) in [5.74, 6) is 0.112. The molecular formula is C13H20N2O. The van der Waals surface area contributed by atoms with Crippen molar-refractivity contribution in [2.24, 2.45) is 0 Å². The van der Waals surface area contributed by atoms with E-state index in [1.54, 1.807) is 4.90 Å². The van der Waals surface area contributed by atoms with E-state index in [1.165, 1.54) is 11.1 Å². The summed E-state index contributed by atoms with van der Waals surface area (Å²) in [5, 5.41) is 3.14. The fourth-order valence-electron chi connectivity index (χ4n) is 1.34. The number of amides is 1. The van der Waals surface area contributed by atoms with Crippen LogP contribution in [0.4, 0.5) is 5.69 Å². The minimum absolute atomic E-state index is 0.112. The van der Waals surface area contributed by atoms with E-state index in [4.69, 9.17) is 0 Å². The summed E-state index contributed by atoms with van der Waals surface area (Å²) in [6.07, 6.45) is 0. The number of likely N-dealkylation sites (N-methyl/N-ethyl adjacent to an activating group) is 1. The first-order valence-corrected chi connectivity index (χ1v) is 5.59. The summed E-state index contributed by atoms with van der Waals surface area (Å²) in [5.41, 5.74) is 3.50. The Morgan fingerprint density at radius 1 is 1.31 bits per heavy atom. The number of rotatable bonds is 4. The molecule has 0 aliphatic rings. The van der Waals surface area contributed by atoms with Crippen molar-refractivity contribution in [3.05, 3.63) is 29.3 Å². The van der Waals surface area contributed by atoms with Gasteiger partial charge in [-0.3, -0.25) is 4.79 Å². The van der Waals surface area contributed by atoms with E-state index in [2.05, 4.69) is 31.3 Å². The van der Waals surface area contributed by atoms with Crippen LogP contribution in [0.3, 0.4) is 0 Å². The number of nitrogens with zero attached hydrogens (tertiary/aromatic N) is 1. The lowest BCUT2D eigenvalue weighted by Gasteiger charge is -2.15. The van der Waals surface area contributed by atoms with Gasteiger partial charge in [0.15, 0.2) is 0 Å². The standard InChI is InChI=1S/C13H20N2O/c1-5-15(4)13(16)9-14-12-7-6-10(2)11(3)8-12/h6-8,14H,5,9H2,1-4H3. The van der Waals surface area contributed by atoms with Crippen LogP contribution in [-0.2, 0) is 4.79 Å². The molecule has 1 aromatic carbocycles. The number of carbonyl (C=O) groups excluding carboxylic acids is 1. The molecule has 0 fully saturated rings. The lowest BCUT2D eigenvalue weighted by molar-refractivity contribution is -0.127. The Hall–Kier alpha value is -1.51. The third-order valence-electron chi connectivity index (χ3n) is 2.85. The van der Waals surface area contributed by atoms with E-state index in [-0.39, 0.29) is 5.91 Å². The lowest BCUT2D eigenvalue weighted by atomic mass is 10.1. The zero-order valence-corrected chi connectivity index (χ0v) is 10.5. The first kappa shape index (κ1) is 12.6. The molecule has 0 aliphatic heterocycles. The Kier molecular flexibility index (Phi) is 4.35. The molecule has 1 rings (SSSR count). The molecule has 0 heterocycles. The molecule has 0 unspecified atom stereocenters. The molecule has 1 N–H and O–H groups in total. The zero-order chi connectivity index (χ0) is 12.1. The lowest BCUT2D eigenvalue weighted by Crippen LogP contribution is -2.31. The molecule has 3 heteroatoms. The molecule has 0 spiro atoms. The molecule has 1 amide bonds. The van der Waals surface area contributed by atoms with Crippen LogP contribution in [0.5, 0.6) is 0 Å². The number of nitrogens with one attached hydrogen (secondary N) is 1. The fourth-order valence-corrected chi connectivity index (χ4v) is 1.34. The number of hydrogen-bond acceptors (Lipinski definition) is 2. The molecule has 16 heavy (non-hydrogen) atoms. The number of benzene rings is 1. The Bertz CT molecular complexity index is 374. The highest BCUT2D eigenvalue weighted by Crippen LogP contribution is 2.13. The van der Waals surface area contributed by atoms with Crippen LogP contribution >= 0.6 is 0 Å². The summed E-state index contributed by atoms with van der Waals surface area (Å²) in [7, 11) is 1.81. The van der Waals surface area contributed by atoms with Crippen LogP contribution in [0, 0.1) is 13.8 Å². The second kappa shape index (κ2) is 5.54. The van der Waals surface area contributed by atoms with Gasteiger partial charge in [-0.05, 0) is 44.0 Å². The van der Waals surface area contributed by atoms with Crippen molar-refractivity contribution in [3.63, 3.8) is 0 Å².